The van der Waals surface area contributed by atoms with Gasteiger partial charge in [-0.25, -0.2) is 24.5 Å². The van der Waals surface area contributed by atoms with Crippen molar-refractivity contribution < 1.29 is 4.74 Å². The van der Waals surface area contributed by atoms with Crippen molar-refractivity contribution in [1.29, 1.82) is 0 Å². The van der Waals surface area contributed by atoms with Gasteiger partial charge in [0.15, 0.2) is 11.5 Å². The fourth-order valence-electron chi connectivity index (χ4n) is 4.26. The molecule has 1 saturated heterocycles. The first-order chi connectivity index (χ1) is 17.2. The second-order valence-corrected chi connectivity index (χ2v) is 8.61. The summed E-state index contributed by atoms with van der Waals surface area (Å²) in [4.78, 5) is 17.9. The number of nitrogens with one attached hydrogen (secondary N) is 3. The van der Waals surface area contributed by atoms with Gasteiger partial charge in [-0.3, -0.25) is 0 Å². The maximum atomic E-state index is 6.09. The zero-order valence-corrected chi connectivity index (χ0v) is 19.3. The number of ether oxygens (including phenoxy) is 1. The summed E-state index contributed by atoms with van der Waals surface area (Å²) in [5, 5.41) is 14.5. The van der Waals surface area contributed by atoms with Crippen LogP contribution in [0.4, 0.5) is 17.3 Å². The van der Waals surface area contributed by atoms with Crippen molar-refractivity contribution in [2.45, 2.75) is 25.8 Å². The molecule has 176 valence electrons. The predicted octanol–water partition coefficient (Wildman–Crippen LogP) is 4.08. The van der Waals surface area contributed by atoms with Gasteiger partial charge >= 0.3 is 0 Å². The molecule has 1 fully saturated rings. The lowest BCUT2D eigenvalue weighted by atomic mass is 10.1. The van der Waals surface area contributed by atoms with Gasteiger partial charge in [0.2, 0.25) is 0 Å². The van der Waals surface area contributed by atoms with Crippen molar-refractivity contribution in [3.05, 3.63) is 66.9 Å². The number of pyridine rings is 2. The lowest BCUT2D eigenvalue weighted by Crippen LogP contribution is -2.38. The molecule has 0 bridgehead atoms. The summed E-state index contributed by atoms with van der Waals surface area (Å²) in [6, 6.07) is 14.0. The molecule has 1 atom stereocenters. The summed E-state index contributed by atoms with van der Waals surface area (Å²) in [7, 11) is 0. The molecular weight excluding hydrogens is 442 g/mol. The monoisotopic (exact) mass is 467 g/mol. The Hall–Kier alpha value is -4.31. The second kappa shape index (κ2) is 9.15. The van der Waals surface area contributed by atoms with Gasteiger partial charge in [-0.15, -0.1) is 0 Å². The fraction of sp³-hybridized carbons (Fsp3) is 0.240. The Morgan fingerprint density at radius 2 is 2.03 bits per heavy atom. The first kappa shape index (κ1) is 21.2. The average Bonchev–Trinajstić information content (AvgIpc) is 3.35. The Labute approximate surface area is 201 Å². The normalized spacial score (nSPS) is 15.9. The third-order valence-corrected chi connectivity index (χ3v) is 6.05. The predicted molar refractivity (Wildman–Crippen MR) is 134 cm³/mol. The van der Waals surface area contributed by atoms with E-state index in [0.717, 1.165) is 65.4 Å². The number of hydrogen-bond donors (Lipinski definition) is 3. The quantitative estimate of drug-likeness (QED) is 0.340. The van der Waals surface area contributed by atoms with E-state index in [1.54, 1.807) is 10.8 Å². The highest BCUT2D eigenvalue weighted by Gasteiger charge is 2.14. The van der Waals surface area contributed by atoms with Gasteiger partial charge in [0.05, 0.1) is 5.52 Å². The van der Waals surface area contributed by atoms with Crippen molar-refractivity contribution in [3.8, 4) is 11.5 Å². The average molecular weight is 468 g/mol. The molecule has 6 rings (SSSR count). The Kier molecular flexibility index (Phi) is 5.55. The van der Waals surface area contributed by atoms with Crippen molar-refractivity contribution in [2.75, 3.05) is 23.7 Å². The summed E-state index contributed by atoms with van der Waals surface area (Å²) in [6.07, 6.45) is 7.18. The van der Waals surface area contributed by atoms with E-state index in [1.165, 1.54) is 6.33 Å². The van der Waals surface area contributed by atoms with Gasteiger partial charge < -0.3 is 20.7 Å². The number of fused-ring (bicyclic) bond motifs is 2. The van der Waals surface area contributed by atoms with Gasteiger partial charge in [-0.1, -0.05) is 0 Å². The Morgan fingerprint density at radius 1 is 1.06 bits per heavy atom. The van der Waals surface area contributed by atoms with Crippen LogP contribution in [-0.4, -0.2) is 48.7 Å². The smallest absolute Gasteiger partial charge is 0.160 e. The largest absolute Gasteiger partial charge is 0.457 e. The fourth-order valence-corrected chi connectivity index (χ4v) is 4.26. The van der Waals surface area contributed by atoms with E-state index in [-0.39, 0.29) is 0 Å². The highest BCUT2D eigenvalue weighted by Crippen LogP contribution is 2.30. The number of nitrogens with zero attached hydrogens (tertiary/aromatic N) is 6. The number of rotatable bonds is 6. The number of anilines is 3. The van der Waals surface area contributed by atoms with Gasteiger partial charge in [-0.05, 0) is 68.3 Å². The number of benzene rings is 1. The standard InChI is InChI=1S/C25H25N9O/c1-16-11-17(4-6-21(16)35-19-8-10-34-23(12-19)28-15-30-34)32-25-24-20(27-14-29-25)5-7-22(33-24)31-18-3-2-9-26-13-18/h4-8,10-12,14-15,18,26H,2-3,9,13H2,1H3,(H,31,33)(H,27,29,32)/t18-/m0/s1. The minimum Gasteiger partial charge on any atom is -0.457 e. The maximum Gasteiger partial charge on any atom is 0.160 e. The van der Waals surface area contributed by atoms with E-state index < -0.39 is 0 Å². The number of aryl methyl sites for hydroxylation is 1. The van der Waals surface area contributed by atoms with Crippen molar-refractivity contribution >= 4 is 34.0 Å². The van der Waals surface area contributed by atoms with Crippen LogP contribution in [0.5, 0.6) is 11.5 Å². The minimum absolute atomic E-state index is 0.371. The molecule has 5 aromatic rings. The maximum absolute atomic E-state index is 6.09. The molecule has 1 aliphatic rings. The highest BCUT2D eigenvalue weighted by molar-refractivity contribution is 5.88. The van der Waals surface area contributed by atoms with Gasteiger partial charge in [0.1, 0.15) is 35.5 Å². The van der Waals surface area contributed by atoms with Crippen LogP contribution < -0.4 is 20.7 Å². The molecule has 5 heterocycles. The SMILES string of the molecule is Cc1cc(Nc2ncnc3ccc(N[C@H]4CCCNC4)nc23)ccc1Oc1ccn2ncnc2c1. The van der Waals surface area contributed by atoms with E-state index in [0.29, 0.717) is 17.6 Å². The molecule has 0 saturated carbocycles. The molecule has 3 N–H and O–H groups in total. The topological polar surface area (TPSA) is 114 Å². The van der Waals surface area contributed by atoms with Crippen LogP contribution in [-0.2, 0) is 0 Å². The van der Waals surface area contributed by atoms with Crippen LogP contribution in [0.2, 0.25) is 0 Å². The van der Waals surface area contributed by atoms with E-state index in [9.17, 15) is 0 Å². The second-order valence-electron chi connectivity index (χ2n) is 8.61. The molecule has 1 aromatic carbocycles. The van der Waals surface area contributed by atoms with E-state index in [1.807, 2.05) is 55.6 Å². The van der Waals surface area contributed by atoms with Crippen LogP contribution in [0.3, 0.4) is 0 Å². The number of piperidine rings is 1. The molecule has 0 amide bonds. The summed E-state index contributed by atoms with van der Waals surface area (Å²) in [6.45, 7) is 4.02. The number of hydrogen-bond acceptors (Lipinski definition) is 9. The third-order valence-electron chi connectivity index (χ3n) is 6.05. The zero-order chi connectivity index (χ0) is 23.6. The molecule has 0 unspecified atom stereocenters. The molecule has 1 aliphatic heterocycles. The van der Waals surface area contributed by atoms with E-state index in [4.69, 9.17) is 9.72 Å². The van der Waals surface area contributed by atoms with Gasteiger partial charge in [-0.2, -0.15) is 5.10 Å². The summed E-state index contributed by atoms with van der Waals surface area (Å²) in [5.74, 6) is 2.95. The molecule has 0 aliphatic carbocycles. The van der Waals surface area contributed by atoms with E-state index in [2.05, 4.69) is 36.0 Å². The van der Waals surface area contributed by atoms with Crippen LogP contribution in [0.25, 0.3) is 16.7 Å². The highest BCUT2D eigenvalue weighted by atomic mass is 16.5. The molecule has 4 aromatic heterocycles. The molecule has 10 heteroatoms. The summed E-state index contributed by atoms with van der Waals surface area (Å²) < 4.78 is 7.78. The lowest BCUT2D eigenvalue weighted by molar-refractivity contribution is 0.478. The minimum atomic E-state index is 0.371. The Bertz CT molecular complexity index is 1490. The van der Waals surface area contributed by atoms with Gasteiger partial charge in [0.25, 0.3) is 0 Å². The van der Waals surface area contributed by atoms with Gasteiger partial charge in [0, 0.05) is 30.5 Å². The molecule has 0 spiro atoms. The van der Waals surface area contributed by atoms with E-state index >= 15 is 0 Å². The summed E-state index contributed by atoms with van der Waals surface area (Å²) >= 11 is 0. The molecule has 0 radical (unpaired) electrons. The third kappa shape index (κ3) is 4.56. The zero-order valence-electron chi connectivity index (χ0n) is 19.3. The Morgan fingerprint density at radius 3 is 2.91 bits per heavy atom. The van der Waals surface area contributed by atoms with Crippen LogP contribution in [0.1, 0.15) is 18.4 Å². The van der Waals surface area contributed by atoms with Crippen LogP contribution in [0.15, 0.2) is 61.3 Å². The van der Waals surface area contributed by atoms with Crippen LogP contribution in [0, 0.1) is 6.92 Å². The first-order valence-electron chi connectivity index (χ1n) is 11.7. The molecule has 10 nitrogen and oxygen atoms in total. The van der Waals surface area contributed by atoms with Crippen LogP contribution >= 0.6 is 0 Å². The Balaban J connectivity index is 1.22. The van der Waals surface area contributed by atoms with Crippen molar-refractivity contribution in [1.82, 2.24) is 34.9 Å². The molecular formula is C25H25N9O. The summed E-state index contributed by atoms with van der Waals surface area (Å²) in [5.41, 5.74) is 4.11. The van der Waals surface area contributed by atoms with Crippen molar-refractivity contribution in [2.24, 2.45) is 0 Å². The molecule has 35 heavy (non-hydrogen) atoms. The van der Waals surface area contributed by atoms with Crippen molar-refractivity contribution in [3.63, 3.8) is 0 Å². The number of aromatic nitrogens is 6. The lowest BCUT2D eigenvalue weighted by Gasteiger charge is -2.24. The first-order valence-corrected chi connectivity index (χ1v) is 11.7.